The Morgan fingerprint density at radius 3 is 2.59 bits per heavy atom. The molecule has 0 radical (unpaired) electrons. The number of furan rings is 1. The smallest absolute Gasteiger partial charge is 0.217 e. The van der Waals surface area contributed by atoms with Gasteiger partial charge in [-0.3, -0.25) is 4.68 Å². The lowest BCUT2D eigenvalue weighted by Gasteiger charge is -2.06. The number of fused-ring (bicyclic) bond motifs is 3. The van der Waals surface area contributed by atoms with Gasteiger partial charge in [0.1, 0.15) is 30.2 Å². The Morgan fingerprint density at radius 1 is 1.00 bits per heavy atom. The molecule has 0 aliphatic heterocycles. The largest absolute Gasteiger partial charge is 0.494 e. The topological polar surface area (TPSA) is 92.5 Å². The van der Waals surface area contributed by atoms with Gasteiger partial charge in [-0.2, -0.15) is 5.10 Å². The van der Waals surface area contributed by atoms with Crippen LogP contribution in [0.4, 0.5) is 0 Å². The molecule has 0 saturated heterocycles. The van der Waals surface area contributed by atoms with Crippen molar-refractivity contribution in [3.8, 4) is 23.1 Å². The fourth-order valence-corrected chi connectivity index (χ4v) is 3.07. The monoisotopic (exact) mass is 390 g/mol. The Bertz CT molecular complexity index is 1290. The summed E-state index contributed by atoms with van der Waals surface area (Å²) >= 11 is 0. The summed E-state index contributed by atoms with van der Waals surface area (Å²) in [4.78, 5) is 8.96. The van der Waals surface area contributed by atoms with Gasteiger partial charge in [0, 0.05) is 7.05 Å². The number of hydrogen-bond donors (Lipinski definition) is 0. The van der Waals surface area contributed by atoms with Crippen molar-refractivity contribution in [3.05, 3.63) is 54.7 Å². The quantitative estimate of drug-likeness (QED) is 0.439. The van der Waals surface area contributed by atoms with Crippen molar-refractivity contribution < 1.29 is 13.9 Å². The Balaban J connectivity index is 1.35. The molecule has 4 aromatic heterocycles. The zero-order chi connectivity index (χ0) is 19.8. The van der Waals surface area contributed by atoms with E-state index in [0.717, 1.165) is 22.5 Å². The SMILES string of the molecule is CCOc1ccc(OCc2ccc(-c3nc4c5cnn(C)c5ncn4n3)o2)cc1. The maximum absolute atomic E-state index is 5.87. The average Bonchev–Trinajstić information content (AvgIpc) is 3.45. The van der Waals surface area contributed by atoms with Crippen molar-refractivity contribution in [1.82, 2.24) is 29.4 Å². The second kappa shape index (κ2) is 6.93. The molecular formula is C20H18N6O3. The lowest BCUT2D eigenvalue weighted by Crippen LogP contribution is -1.95. The molecule has 0 aliphatic carbocycles. The predicted molar refractivity (Wildman–Crippen MR) is 105 cm³/mol. The highest BCUT2D eigenvalue weighted by molar-refractivity contribution is 5.88. The summed E-state index contributed by atoms with van der Waals surface area (Å²) in [6.07, 6.45) is 3.35. The average molecular weight is 390 g/mol. The number of aryl methyl sites for hydroxylation is 1. The predicted octanol–water partition coefficient (Wildman–Crippen LogP) is 3.25. The molecule has 0 atom stereocenters. The van der Waals surface area contributed by atoms with E-state index in [4.69, 9.17) is 13.9 Å². The summed E-state index contributed by atoms with van der Waals surface area (Å²) < 4.78 is 20.4. The number of aromatic nitrogens is 6. The lowest BCUT2D eigenvalue weighted by molar-refractivity contribution is 0.271. The maximum atomic E-state index is 5.87. The third kappa shape index (κ3) is 3.16. The normalized spacial score (nSPS) is 11.4. The Hall–Kier alpha value is -3.88. The minimum atomic E-state index is 0.301. The fraction of sp³-hybridized carbons (Fsp3) is 0.200. The molecular weight excluding hydrogens is 372 g/mol. The zero-order valence-electron chi connectivity index (χ0n) is 15.9. The summed E-state index contributed by atoms with van der Waals surface area (Å²) in [5, 5.41) is 9.52. The van der Waals surface area contributed by atoms with Crippen LogP contribution in [-0.2, 0) is 13.7 Å². The van der Waals surface area contributed by atoms with Crippen LogP contribution in [-0.4, -0.2) is 36.0 Å². The van der Waals surface area contributed by atoms with Crippen LogP contribution in [0.25, 0.3) is 28.3 Å². The van der Waals surface area contributed by atoms with Crippen molar-refractivity contribution in [2.24, 2.45) is 7.05 Å². The molecule has 0 unspecified atom stereocenters. The molecule has 0 fully saturated rings. The van der Waals surface area contributed by atoms with Crippen LogP contribution in [0.15, 0.2) is 53.3 Å². The van der Waals surface area contributed by atoms with E-state index in [2.05, 4.69) is 20.2 Å². The van der Waals surface area contributed by atoms with Crippen molar-refractivity contribution in [2.45, 2.75) is 13.5 Å². The second-order valence-corrected chi connectivity index (χ2v) is 6.41. The maximum Gasteiger partial charge on any atom is 0.217 e. The fourth-order valence-electron chi connectivity index (χ4n) is 3.07. The van der Waals surface area contributed by atoms with E-state index >= 15 is 0 Å². The van der Waals surface area contributed by atoms with Gasteiger partial charge < -0.3 is 13.9 Å². The second-order valence-electron chi connectivity index (χ2n) is 6.41. The third-order valence-electron chi connectivity index (χ3n) is 4.47. The van der Waals surface area contributed by atoms with E-state index in [1.807, 2.05) is 50.4 Å². The van der Waals surface area contributed by atoms with Crippen LogP contribution in [0.2, 0.25) is 0 Å². The molecule has 5 rings (SSSR count). The molecule has 146 valence electrons. The molecule has 0 saturated carbocycles. The van der Waals surface area contributed by atoms with E-state index in [9.17, 15) is 0 Å². The molecule has 4 heterocycles. The molecule has 0 spiro atoms. The van der Waals surface area contributed by atoms with Crippen LogP contribution in [0.3, 0.4) is 0 Å². The van der Waals surface area contributed by atoms with Crippen LogP contribution < -0.4 is 9.47 Å². The summed E-state index contributed by atoms with van der Waals surface area (Å²) in [6.45, 7) is 2.89. The van der Waals surface area contributed by atoms with E-state index in [1.165, 1.54) is 0 Å². The van der Waals surface area contributed by atoms with Gasteiger partial charge in [0.05, 0.1) is 18.2 Å². The standard InChI is InChI=1S/C20H18N6O3/c1-3-27-13-4-6-14(7-5-13)28-11-15-8-9-17(29-15)18-23-20-16-10-22-25(2)19(16)21-12-26(20)24-18/h4-10,12H,3,11H2,1-2H3. The van der Waals surface area contributed by atoms with Gasteiger partial charge in [-0.25, -0.2) is 14.5 Å². The van der Waals surface area contributed by atoms with Gasteiger partial charge in [0.25, 0.3) is 0 Å². The first-order valence-electron chi connectivity index (χ1n) is 9.19. The summed E-state index contributed by atoms with van der Waals surface area (Å²) in [5.41, 5.74) is 1.43. The van der Waals surface area contributed by atoms with Crippen molar-refractivity contribution in [2.75, 3.05) is 6.61 Å². The van der Waals surface area contributed by atoms with Crippen LogP contribution >= 0.6 is 0 Å². The summed E-state index contributed by atoms with van der Waals surface area (Å²) in [5.74, 6) is 3.28. The molecule has 9 heteroatoms. The molecule has 5 aromatic rings. The molecule has 0 amide bonds. The number of rotatable bonds is 6. The van der Waals surface area contributed by atoms with Crippen LogP contribution in [0.1, 0.15) is 12.7 Å². The van der Waals surface area contributed by atoms with E-state index < -0.39 is 0 Å². The molecule has 9 nitrogen and oxygen atoms in total. The molecule has 0 N–H and O–H groups in total. The Labute approximate surface area is 165 Å². The van der Waals surface area contributed by atoms with Gasteiger partial charge >= 0.3 is 0 Å². The van der Waals surface area contributed by atoms with Gasteiger partial charge in [0.2, 0.25) is 5.82 Å². The van der Waals surface area contributed by atoms with Gasteiger partial charge in [0.15, 0.2) is 17.1 Å². The van der Waals surface area contributed by atoms with E-state index in [-0.39, 0.29) is 0 Å². The number of benzene rings is 1. The number of nitrogens with zero attached hydrogens (tertiary/aromatic N) is 6. The van der Waals surface area contributed by atoms with Crippen molar-refractivity contribution in [1.29, 1.82) is 0 Å². The highest BCUT2D eigenvalue weighted by Crippen LogP contribution is 2.24. The first-order chi connectivity index (χ1) is 14.2. The third-order valence-corrected chi connectivity index (χ3v) is 4.47. The van der Waals surface area contributed by atoms with Gasteiger partial charge in [-0.15, -0.1) is 5.10 Å². The molecule has 0 aliphatic rings. The zero-order valence-corrected chi connectivity index (χ0v) is 15.9. The first kappa shape index (κ1) is 17.2. The highest BCUT2D eigenvalue weighted by Gasteiger charge is 2.15. The highest BCUT2D eigenvalue weighted by atomic mass is 16.5. The molecule has 0 bridgehead atoms. The van der Waals surface area contributed by atoms with E-state index in [1.54, 1.807) is 21.7 Å². The minimum Gasteiger partial charge on any atom is -0.494 e. The van der Waals surface area contributed by atoms with Crippen molar-refractivity contribution in [3.63, 3.8) is 0 Å². The molecule has 29 heavy (non-hydrogen) atoms. The summed E-state index contributed by atoms with van der Waals surface area (Å²) in [7, 11) is 1.84. The van der Waals surface area contributed by atoms with Crippen molar-refractivity contribution >= 4 is 16.7 Å². The Morgan fingerprint density at radius 2 is 1.79 bits per heavy atom. The van der Waals surface area contributed by atoms with Crippen LogP contribution in [0.5, 0.6) is 11.5 Å². The Kier molecular flexibility index (Phi) is 4.12. The van der Waals surface area contributed by atoms with Gasteiger partial charge in [-0.05, 0) is 43.3 Å². The van der Waals surface area contributed by atoms with Crippen LogP contribution in [0, 0.1) is 0 Å². The minimum absolute atomic E-state index is 0.301. The number of hydrogen-bond acceptors (Lipinski definition) is 7. The molecule has 1 aromatic carbocycles. The summed E-state index contributed by atoms with van der Waals surface area (Å²) in [6, 6.07) is 11.2. The lowest BCUT2D eigenvalue weighted by atomic mass is 10.3. The van der Waals surface area contributed by atoms with E-state index in [0.29, 0.717) is 36.2 Å². The first-order valence-corrected chi connectivity index (χ1v) is 9.19. The van der Waals surface area contributed by atoms with Gasteiger partial charge in [-0.1, -0.05) is 0 Å². The number of ether oxygens (including phenoxy) is 2.